The number of para-hydroxylation sites is 2. The van der Waals surface area contributed by atoms with E-state index in [1.54, 1.807) is 35.8 Å². The van der Waals surface area contributed by atoms with E-state index >= 15 is 0 Å². The molecule has 0 aliphatic carbocycles. The minimum atomic E-state index is -0.766. The fourth-order valence-electron chi connectivity index (χ4n) is 3.73. The van der Waals surface area contributed by atoms with E-state index in [0.29, 0.717) is 22.6 Å². The molecule has 0 fully saturated rings. The van der Waals surface area contributed by atoms with E-state index in [1.165, 1.54) is 4.90 Å². The van der Waals surface area contributed by atoms with Crippen LogP contribution in [0.3, 0.4) is 0 Å². The molecule has 29 heavy (non-hydrogen) atoms. The van der Waals surface area contributed by atoms with Crippen LogP contribution in [0.4, 0.5) is 5.69 Å². The molecule has 0 spiro atoms. The van der Waals surface area contributed by atoms with Crippen molar-refractivity contribution >= 4 is 28.5 Å². The molecule has 0 N–H and O–H groups in total. The molecule has 1 aliphatic heterocycles. The monoisotopic (exact) mass is 393 g/mol. The van der Waals surface area contributed by atoms with Gasteiger partial charge in [-0.3, -0.25) is 14.3 Å². The fourth-order valence-corrected chi connectivity index (χ4v) is 3.73. The number of ether oxygens (including phenoxy) is 1. The molecular formula is C21H23N5O3. The maximum atomic E-state index is 13.7. The molecule has 150 valence electrons. The molecule has 0 saturated carbocycles. The lowest BCUT2D eigenvalue weighted by Crippen LogP contribution is -2.50. The van der Waals surface area contributed by atoms with Crippen molar-refractivity contribution in [1.29, 1.82) is 0 Å². The molecule has 2 amide bonds. The molecule has 3 aromatic rings. The number of carbonyl (C=O) groups excluding carboxylic acids is 2. The lowest BCUT2D eigenvalue weighted by Gasteiger charge is -2.35. The number of aromatic nitrogens is 3. The summed E-state index contributed by atoms with van der Waals surface area (Å²) in [5.41, 5.74) is 3.29. The van der Waals surface area contributed by atoms with E-state index in [1.807, 2.05) is 39.1 Å². The summed E-state index contributed by atoms with van der Waals surface area (Å²) in [4.78, 5) is 33.9. The molecule has 8 nitrogen and oxygen atoms in total. The largest absolute Gasteiger partial charge is 0.476 e. The van der Waals surface area contributed by atoms with Crippen LogP contribution in [0.25, 0.3) is 11.0 Å². The van der Waals surface area contributed by atoms with Gasteiger partial charge in [0.1, 0.15) is 5.75 Å². The molecule has 1 aromatic carbocycles. The van der Waals surface area contributed by atoms with Crippen LogP contribution in [-0.2, 0) is 11.8 Å². The van der Waals surface area contributed by atoms with Gasteiger partial charge in [0, 0.05) is 26.8 Å². The van der Waals surface area contributed by atoms with Gasteiger partial charge in [0.15, 0.2) is 11.8 Å². The van der Waals surface area contributed by atoms with Gasteiger partial charge in [0.2, 0.25) is 0 Å². The van der Waals surface area contributed by atoms with Gasteiger partial charge in [-0.1, -0.05) is 12.1 Å². The predicted molar refractivity (Wildman–Crippen MR) is 109 cm³/mol. The summed E-state index contributed by atoms with van der Waals surface area (Å²) in [5, 5.41) is 5.15. The Morgan fingerprint density at radius 1 is 1.21 bits per heavy atom. The summed E-state index contributed by atoms with van der Waals surface area (Å²) in [5.74, 6) is 0.118. The Morgan fingerprint density at radius 2 is 1.93 bits per heavy atom. The van der Waals surface area contributed by atoms with E-state index in [-0.39, 0.29) is 18.4 Å². The van der Waals surface area contributed by atoms with Crippen LogP contribution >= 0.6 is 0 Å². The summed E-state index contributed by atoms with van der Waals surface area (Å²) in [7, 11) is 5.16. The first-order valence-corrected chi connectivity index (χ1v) is 9.37. The van der Waals surface area contributed by atoms with Crippen molar-refractivity contribution in [2.45, 2.75) is 20.0 Å². The SMILES string of the molecule is Cc1cc(C(=O)N2CC(C(=O)N(C)C)Oc3ccccc32)c2c(C)nn(C)c2n1. The van der Waals surface area contributed by atoms with Crippen molar-refractivity contribution in [3.05, 3.63) is 47.3 Å². The molecule has 0 saturated heterocycles. The number of benzene rings is 1. The van der Waals surface area contributed by atoms with E-state index in [4.69, 9.17) is 4.74 Å². The highest BCUT2D eigenvalue weighted by Crippen LogP contribution is 2.35. The Labute approximate surface area is 168 Å². The van der Waals surface area contributed by atoms with Crippen LogP contribution in [0.2, 0.25) is 0 Å². The zero-order valence-corrected chi connectivity index (χ0v) is 17.1. The third-order valence-electron chi connectivity index (χ3n) is 5.06. The lowest BCUT2D eigenvalue weighted by atomic mass is 10.1. The number of anilines is 1. The molecule has 0 radical (unpaired) electrons. The molecule has 1 unspecified atom stereocenters. The molecule has 1 aliphatic rings. The van der Waals surface area contributed by atoms with Gasteiger partial charge in [-0.2, -0.15) is 5.10 Å². The molecule has 0 bridgehead atoms. The Kier molecular flexibility index (Phi) is 4.49. The molecule has 1 atom stereocenters. The standard InChI is InChI=1S/C21H23N5O3/c1-12-10-14(18-13(2)23-25(5)19(18)22-12)20(27)26-11-17(21(28)24(3)4)29-16-9-7-6-8-15(16)26/h6-10,17H,11H2,1-5H3. The fraction of sp³-hybridized carbons (Fsp3) is 0.333. The Morgan fingerprint density at radius 3 is 2.66 bits per heavy atom. The Hall–Kier alpha value is -3.42. The second-order valence-electron chi connectivity index (χ2n) is 7.44. The second-order valence-corrected chi connectivity index (χ2v) is 7.44. The third kappa shape index (κ3) is 3.10. The topological polar surface area (TPSA) is 80.6 Å². The average Bonchev–Trinajstić information content (AvgIpc) is 2.98. The van der Waals surface area contributed by atoms with E-state index in [9.17, 15) is 9.59 Å². The second kappa shape index (κ2) is 6.88. The summed E-state index contributed by atoms with van der Waals surface area (Å²) in [6.07, 6.45) is -0.766. The zero-order valence-electron chi connectivity index (χ0n) is 17.1. The molecule has 4 rings (SSSR count). The van der Waals surface area contributed by atoms with E-state index in [0.717, 1.165) is 16.8 Å². The summed E-state index contributed by atoms with van der Waals surface area (Å²) in [6.45, 7) is 3.85. The summed E-state index contributed by atoms with van der Waals surface area (Å²) in [6, 6.07) is 9.04. The van der Waals surface area contributed by atoms with E-state index in [2.05, 4.69) is 10.1 Å². The minimum Gasteiger partial charge on any atom is -0.476 e. The third-order valence-corrected chi connectivity index (χ3v) is 5.06. The van der Waals surface area contributed by atoms with Crippen LogP contribution in [0.1, 0.15) is 21.7 Å². The quantitative estimate of drug-likeness (QED) is 0.666. The number of hydrogen-bond donors (Lipinski definition) is 0. The van der Waals surface area contributed by atoms with Crippen molar-refractivity contribution in [2.24, 2.45) is 7.05 Å². The highest BCUT2D eigenvalue weighted by Gasteiger charge is 2.35. The van der Waals surface area contributed by atoms with Crippen molar-refractivity contribution in [3.8, 4) is 5.75 Å². The van der Waals surface area contributed by atoms with Gasteiger partial charge in [-0.05, 0) is 32.0 Å². The maximum Gasteiger partial charge on any atom is 0.265 e. The van der Waals surface area contributed by atoms with Crippen molar-refractivity contribution in [3.63, 3.8) is 0 Å². The van der Waals surface area contributed by atoms with Gasteiger partial charge in [0.05, 0.1) is 28.9 Å². The zero-order chi connectivity index (χ0) is 20.9. The van der Waals surface area contributed by atoms with Crippen LogP contribution in [0, 0.1) is 13.8 Å². The number of fused-ring (bicyclic) bond motifs is 2. The summed E-state index contributed by atoms with van der Waals surface area (Å²) >= 11 is 0. The Bertz CT molecular complexity index is 1130. The number of pyridine rings is 1. The van der Waals surface area contributed by atoms with Gasteiger partial charge in [-0.15, -0.1) is 0 Å². The van der Waals surface area contributed by atoms with Crippen LogP contribution in [0.15, 0.2) is 30.3 Å². The van der Waals surface area contributed by atoms with Crippen LogP contribution in [-0.4, -0.2) is 58.2 Å². The number of carbonyl (C=O) groups is 2. The smallest absolute Gasteiger partial charge is 0.265 e. The minimum absolute atomic E-state index is 0.134. The normalized spacial score (nSPS) is 15.8. The highest BCUT2D eigenvalue weighted by atomic mass is 16.5. The first kappa shape index (κ1) is 18.9. The molecule has 3 heterocycles. The maximum absolute atomic E-state index is 13.7. The van der Waals surface area contributed by atoms with Gasteiger partial charge in [-0.25, -0.2) is 4.98 Å². The van der Waals surface area contributed by atoms with Crippen LogP contribution < -0.4 is 9.64 Å². The first-order chi connectivity index (χ1) is 13.8. The van der Waals surface area contributed by atoms with Crippen molar-refractivity contribution in [1.82, 2.24) is 19.7 Å². The van der Waals surface area contributed by atoms with Gasteiger partial charge >= 0.3 is 0 Å². The number of likely N-dealkylation sites (N-methyl/N-ethyl adjacent to an activating group) is 1. The molecule has 2 aromatic heterocycles. The predicted octanol–water partition coefficient (Wildman–Crippen LogP) is 2.08. The summed E-state index contributed by atoms with van der Waals surface area (Å²) < 4.78 is 7.58. The number of amides is 2. The first-order valence-electron chi connectivity index (χ1n) is 9.37. The number of rotatable bonds is 2. The van der Waals surface area contributed by atoms with E-state index < -0.39 is 6.10 Å². The van der Waals surface area contributed by atoms with Crippen molar-refractivity contribution < 1.29 is 14.3 Å². The molecule has 8 heteroatoms. The van der Waals surface area contributed by atoms with Crippen LogP contribution in [0.5, 0.6) is 5.75 Å². The van der Waals surface area contributed by atoms with Gasteiger partial charge in [0.25, 0.3) is 11.8 Å². The lowest BCUT2D eigenvalue weighted by molar-refractivity contribution is -0.135. The van der Waals surface area contributed by atoms with Gasteiger partial charge < -0.3 is 14.5 Å². The number of nitrogens with zero attached hydrogens (tertiary/aromatic N) is 5. The number of aryl methyl sites for hydroxylation is 3. The number of hydrogen-bond acceptors (Lipinski definition) is 5. The Balaban J connectivity index is 1.84. The molecular weight excluding hydrogens is 370 g/mol. The highest BCUT2D eigenvalue weighted by molar-refractivity contribution is 6.14. The van der Waals surface area contributed by atoms with Crippen molar-refractivity contribution in [2.75, 3.05) is 25.5 Å². The average molecular weight is 393 g/mol.